The first kappa shape index (κ1) is 26.2. The number of hydrogen-bond donors (Lipinski definition) is 2. The molecule has 13 heteroatoms. The fraction of sp³-hybridized carbons (Fsp3) is 0.400. The second-order valence-corrected chi connectivity index (χ2v) is 11.2. The average molecular weight is 563 g/mol. The number of anilines is 1. The lowest BCUT2D eigenvalue weighted by Crippen LogP contribution is -2.51. The molecule has 8 nitrogen and oxygen atoms in total. The van der Waals surface area contributed by atoms with E-state index in [1.165, 1.54) is 16.5 Å². The highest BCUT2D eigenvalue weighted by Crippen LogP contribution is 2.64. The highest BCUT2D eigenvalue weighted by atomic mass is 35.5. The Morgan fingerprint density at radius 3 is 2.79 bits per heavy atom. The maximum absolute atomic E-state index is 13.6. The number of hydrogen-bond acceptors (Lipinski definition) is 7. The number of thiazole rings is 1. The Morgan fingerprint density at radius 2 is 2.11 bits per heavy atom. The van der Waals surface area contributed by atoms with Crippen LogP contribution in [0.1, 0.15) is 30.5 Å². The Labute approximate surface area is 224 Å². The van der Waals surface area contributed by atoms with Crippen molar-refractivity contribution in [3.8, 4) is 6.07 Å². The van der Waals surface area contributed by atoms with Crippen LogP contribution in [0.25, 0.3) is 10.8 Å². The molecule has 3 aromatic rings. The molecule has 0 radical (unpaired) electrons. The summed E-state index contributed by atoms with van der Waals surface area (Å²) in [5.74, 6) is -1.02. The SMILES string of the molecule is CC1(C)C2CN(C(=O)CNc3csc(C(F)(F)F)n3)[C@H](C(=O)NC(C#N)c3cncc4cccc(Cl)c34)[C@H]21. The number of carbonyl (C=O) groups excluding carboxylic acids is 2. The molecule has 2 fully saturated rings. The summed E-state index contributed by atoms with van der Waals surface area (Å²) in [5.41, 5.74) is 0.270. The third-order valence-corrected chi connectivity index (χ3v) is 8.66. The summed E-state index contributed by atoms with van der Waals surface area (Å²) in [6.45, 7) is 4.05. The normalized spacial score (nSPS) is 22.4. The van der Waals surface area contributed by atoms with E-state index in [1.54, 1.807) is 24.4 Å². The standard InChI is InChI=1S/C25H22ClF3N6O2S/c1-24(2)14-10-35(18(36)9-32-17-11-38-23(34-17)25(27,28)29)21(20(14)24)22(37)33-16(6-30)13-8-31-7-12-4-3-5-15(26)19(12)13/h3-5,7-8,11,14,16,20-21,32H,9-10H2,1-2H3,(H,33,37)/t14?,16?,20-,21-/m0/s1. The van der Waals surface area contributed by atoms with Crippen LogP contribution in [0.15, 0.2) is 36.0 Å². The van der Waals surface area contributed by atoms with Gasteiger partial charge in [0, 0.05) is 45.7 Å². The zero-order valence-electron chi connectivity index (χ0n) is 20.2. The van der Waals surface area contributed by atoms with Gasteiger partial charge in [0.25, 0.3) is 0 Å². The van der Waals surface area contributed by atoms with Crippen molar-refractivity contribution in [2.45, 2.75) is 32.1 Å². The molecule has 1 saturated carbocycles. The molecule has 0 bridgehead atoms. The van der Waals surface area contributed by atoms with Crippen molar-refractivity contribution in [1.29, 1.82) is 5.26 Å². The number of halogens is 4. The molecule has 2 unspecified atom stereocenters. The van der Waals surface area contributed by atoms with Gasteiger partial charge < -0.3 is 15.5 Å². The van der Waals surface area contributed by atoms with Gasteiger partial charge in [0.05, 0.1) is 12.6 Å². The molecule has 0 spiro atoms. The highest BCUT2D eigenvalue weighted by Gasteiger charge is 2.69. The monoisotopic (exact) mass is 562 g/mol. The van der Waals surface area contributed by atoms with Crippen molar-refractivity contribution in [2.24, 2.45) is 17.3 Å². The first-order valence-electron chi connectivity index (χ1n) is 11.7. The number of fused-ring (bicyclic) bond motifs is 2. The predicted molar refractivity (Wildman–Crippen MR) is 135 cm³/mol. The minimum absolute atomic E-state index is 0.0637. The van der Waals surface area contributed by atoms with E-state index in [1.807, 2.05) is 13.8 Å². The van der Waals surface area contributed by atoms with Gasteiger partial charge in [-0.3, -0.25) is 14.6 Å². The van der Waals surface area contributed by atoms with Crippen LogP contribution in [0.4, 0.5) is 19.0 Å². The lowest BCUT2D eigenvalue weighted by molar-refractivity contribution is -0.139. The first-order valence-corrected chi connectivity index (χ1v) is 13.0. The minimum Gasteiger partial charge on any atom is -0.360 e. The van der Waals surface area contributed by atoms with E-state index in [9.17, 15) is 28.0 Å². The summed E-state index contributed by atoms with van der Waals surface area (Å²) in [4.78, 5) is 35.8. The molecular weight excluding hydrogens is 541 g/mol. The number of aromatic nitrogens is 2. The highest BCUT2D eigenvalue weighted by molar-refractivity contribution is 7.10. The van der Waals surface area contributed by atoms with Crippen molar-refractivity contribution >= 4 is 51.3 Å². The third-order valence-electron chi connectivity index (χ3n) is 7.45. The fourth-order valence-electron chi connectivity index (χ4n) is 5.44. The lowest BCUT2D eigenvalue weighted by Gasteiger charge is -2.31. The molecule has 38 heavy (non-hydrogen) atoms. The Balaban J connectivity index is 1.34. The summed E-state index contributed by atoms with van der Waals surface area (Å²) >= 11 is 6.82. The van der Waals surface area contributed by atoms with Crippen LogP contribution in [0, 0.1) is 28.6 Å². The van der Waals surface area contributed by atoms with Gasteiger partial charge in [0.15, 0.2) is 5.01 Å². The molecule has 1 aliphatic carbocycles. The summed E-state index contributed by atoms with van der Waals surface area (Å²) in [6, 6.07) is 5.45. The predicted octanol–water partition coefficient (Wildman–Crippen LogP) is 4.64. The number of rotatable bonds is 6. The van der Waals surface area contributed by atoms with Crippen LogP contribution in [0.2, 0.25) is 5.02 Å². The van der Waals surface area contributed by atoms with Crippen LogP contribution in [-0.2, 0) is 15.8 Å². The number of nitrogens with zero attached hydrogens (tertiary/aromatic N) is 4. The molecule has 4 atom stereocenters. The Kier molecular flexibility index (Phi) is 6.47. The second-order valence-electron chi connectivity index (χ2n) is 9.97. The van der Waals surface area contributed by atoms with Crippen molar-refractivity contribution in [3.63, 3.8) is 0 Å². The number of amides is 2. The van der Waals surface area contributed by atoms with Crippen molar-refractivity contribution in [3.05, 3.63) is 51.6 Å². The third kappa shape index (κ3) is 4.54. The first-order chi connectivity index (χ1) is 17.9. The van der Waals surface area contributed by atoms with Gasteiger partial charge in [-0.2, -0.15) is 18.4 Å². The zero-order valence-corrected chi connectivity index (χ0v) is 21.8. The van der Waals surface area contributed by atoms with Gasteiger partial charge >= 0.3 is 6.18 Å². The van der Waals surface area contributed by atoms with Gasteiger partial charge in [-0.1, -0.05) is 37.6 Å². The van der Waals surface area contributed by atoms with E-state index < -0.39 is 35.1 Å². The zero-order chi connectivity index (χ0) is 27.4. The second kappa shape index (κ2) is 9.39. The van der Waals surface area contributed by atoms with Crippen molar-refractivity contribution < 1.29 is 22.8 Å². The average Bonchev–Trinajstić information content (AvgIpc) is 3.29. The van der Waals surface area contributed by atoms with E-state index in [0.29, 0.717) is 39.2 Å². The Bertz CT molecular complexity index is 1460. The summed E-state index contributed by atoms with van der Waals surface area (Å²) < 4.78 is 38.5. The summed E-state index contributed by atoms with van der Waals surface area (Å²) in [5, 5.41) is 17.2. The van der Waals surface area contributed by atoms with Gasteiger partial charge in [-0.25, -0.2) is 4.98 Å². The van der Waals surface area contributed by atoms with E-state index >= 15 is 0 Å². The van der Waals surface area contributed by atoms with E-state index in [-0.39, 0.29) is 29.6 Å². The minimum atomic E-state index is -4.57. The quantitative estimate of drug-likeness (QED) is 0.453. The maximum Gasteiger partial charge on any atom is 0.443 e. The van der Waals surface area contributed by atoms with Gasteiger partial charge in [0.2, 0.25) is 11.8 Å². The number of alkyl halides is 3. The molecule has 3 heterocycles. The number of likely N-dealkylation sites (tertiary alicyclic amines) is 1. The molecule has 5 rings (SSSR count). The largest absolute Gasteiger partial charge is 0.443 e. The number of piperidine rings is 1. The van der Waals surface area contributed by atoms with Crippen LogP contribution in [0.3, 0.4) is 0 Å². The lowest BCUT2D eigenvalue weighted by atomic mass is 9.98. The smallest absolute Gasteiger partial charge is 0.360 e. The molecule has 2 N–H and O–H groups in total. The van der Waals surface area contributed by atoms with Crippen LogP contribution < -0.4 is 10.6 Å². The van der Waals surface area contributed by atoms with Gasteiger partial charge in [-0.05, 0) is 23.3 Å². The molecule has 1 aromatic carbocycles. The number of nitrogens with one attached hydrogen (secondary N) is 2. The van der Waals surface area contributed by atoms with Crippen molar-refractivity contribution in [2.75, 3.05) is 18.4 Å². The van der Waals surface area contributed by atoms with Crippen molar-refractivity contribution in [1.82, 2.24) is 20.2 Å². The Hall–Kier alpha value is -3.43. The number of carbonyl (C=O) groups is 2. The van der Waals surface area contributed by atoms with E-state index in [2.05, 4.69) is 26.7 Å². The van der Waals surface area contributed by atoms with Crippen LogP contribution in [0.5, 0.6) is 0 Å². The molecule has 2 aromatic heterocycles. The number of benzene rings is 1. The number of nitriles is 1. The molecule has 198 valence electrons. The van der Waals surface area contributed by atoms with Crippen LogP contribution in [-0.4, -0.2) is 45.8 Å². The molecule has 2 aliphatic rings. The summed E-state index contributed by atoms with van der Waals surface area (Å²) in [6.07, 6.45) is -1.47. The fourth-order valence-corrected chi connectivity index (χ4v) is 6.37. The van der Waals surface area contributed by atoms with Gasteiger partial charge in [0.1, 0.15) is 17.9 Å². The summed E-state index contributed by atoms with van der Waals surface area (Å²) in [7, 11) is 0. The van der Waals surface area contributed by atoms with E-state index in [0.717, 1.165) is 0 Å². The molecule has 2 amide bonds. The molecular formula is C25H22ClF3N6O2S. The Morgan fingerprint density at radius 1 is 1.34 bits per heavy atom. The van der Waals surface area contributed by atoms with Gasteiger partial charge in [-0.15, -0.1) is 11.3 Å². The molecule has 1 saturated heterocycles. The number of pyridine rings is 1. The molecule has 1 aliphatic heterocycles. The maximum atomic E-state index is 13.6. The topological polar surface area (TPSA) is 111 Å². The van der Waals surface area contributed by atoms with Crippen LogP contribution >= 0.6 is 22.9 Å². The van der Waals surface area contributed by atoms with E-state index in [4.69, 9.17) is 11.6 Å².